The topological polar surface area (TPSA) is 12.5 Å². The fourth-order valence-electron chi connectivity index (χ4n) is 4.55. The van der Waals surface area contributed by atoms with E-state index in [1.54, 1.807) is 0 Å². The van der Waals surface area contributed by atoms with Crippen LogP contribution >= 0.6 is 0 Å². The zero-order valence-electron chi connectivity index (χ0n) is 13.4. The lowest BCUT2D eigenvalue weighted by Gasteiger charge is -2.32. The number of hydrogen-bond donors (Lipinski definition) is 0. The molecule has 23 heavy (non-hydrogen) atoms. The van der Waals surface area contributed by atoms with Crippen LogP contribution in [0.5, 0.6) is 0 Å². The first-order valence-corrected chi connectivity index (χ1v) is 8.92. The Morgan fingerprint density at radius 1 is 0.913 bits per heavy atom. The fourth-order valence-corrected chi connectivity index (χ4v) is 4.55. The highest BCUT2D eigenvalue weighted by Crippen LogP contribution is 2.49. The third kappa shape index (κ3) is 2.32. The molecule has 2 saturated heterocycles. The van der Waals surface area contributed by atoms with Gasteiger partial charge in [-0.3, -0.25) is 0 Å². The van der Waals surface area contributed by atoms with Gasteiger partial charge in [-0.05, 0) is 54.6 Å². The average Bonchev–Trinajstić information content (AvgIpc) is 2.91. The van der Waals surface area contributed by atoms with Gasteiger partial charge >= 0.3 is 0 Å². The van der Waals surface area contributed by atoms with Crippen LogP contribution in [0.1, 0.15) is 47.1 Å². The van der Waals surface area contributed by atoms with Crippen LogP contribution in [0.2, 0.25) is 0 Å². The molecule has 1 aliphatic carbocycles. The molecule has 2 aromatic carbocycles. The van der Waals surface area contributed by atoms with Gasteiger partial charge in [0.05, 0.1) is 12.2 Å². The molecule has 2 aromatic rings. The molecule has 3 aliphatic rings. The second-order valence-corrected chi connectivity index (χ2v) is 7.25. The third-order valence-electron chi connectivity index (χ3n) is 5.83. The van der Waals surface area contributed by atoms with E-state index >= 15 is 0 Å². The van der Waals surface area contributed by atoms with Crippen LogP contribution in [0, 0.1) is 0 Å². The molecule has 0 N–H and O–H groups in total. The molecule has 118 valence electrons. The standard InChI is InChI=1S/C21H23NO/c1-3-8-18-15(6-1)12-16-7-2-4-9-19(16)21-20(18)13-17(23-21)14-22-10-5-11-22/h1-4,6-9,17,20-21H,5,10-14H2. The first kappa shape index (κ1) is 13.8. The smallest absolute Gasteiger partial charge is 0.0901 e. The van der Waals surface area contributed by atoms with Gasteiger partial charge < -0.3 is 9.64 Å². The molecule has 0 spiro atoms. The van der Waals surface area contributed by atoms with Crippen molar-refractivity contribution in [3.63, 3.8) is 0 Å². The van der Waals surface area contributed by atoms with Gasteiger partial charge in [0.2, 0.25) is 0 Å². The molecule has 2 heterocycles. The van der Waals surface area contributed by atoms with E-state index in [0.29, 0.717) is 12.0 Å². The van der Waals surface area contributed by atoms with E-state index in [1.165, 1.54) is 41.8 Å². The normalized spacial score (nSPS) is 29.1. The number of likely N-dealkylation sites (tertiary alicyclic amines) is 1. The summed E-state index contributed by atoms with van der Waals surface area (Å²) in [6.45, 7) is 3.61. The molecule has 0 bridgehead atoms. The van der Waals surface area contributed by atoms with Crippen LogP contribution in [0.4, 0.5) is 0 Å². The molecular formula is C21H23NO. The van der Waals surface area contributed by atoms with Crippen molar-refractivity contribution >= 4 is 0 Å². The van der Waals surface area contributed by atoms with Gasteiger partial charge in [-0.2, -0.15) is 0 Å². The Kier molecular flexibility index (Phi) is 3.27. The highest BCUT2D eigenvalue weighted by atomic mass is 16.5. The van der Waals surface area contributed by atoms with Gasteiger partial charge in [0.15, 0.2) is 0 Å². The number of nitrogens with zero attached hydrogens (tertiary/aromatic N) is 1. The Labute approximate surface area is 138 Å². The van der Waals surface area contributed by atoms with Crippen molar-refractivity contribution in [2.75, 3.05) is 19.6 Å². The maximum absolute atomic E-state index is 6.59. The minimum atomic E-state index is 0.237. The molecule has 2 nitrogen and oxygen atoms in total. The van der Waals surface area contributed by atoms with Gasteiger partial charge in [-0.15, -0.1) is 0 Å². The molecule has 5 rings (SSSR count). The highest BCUT2D eigenvalue weighted by Gasteiger charge is 2.41. The van der Waals surface area contributed by atoms with Crippen molar-refractivity contribution in [3.05, 3.63) is 70.8 Å². The number of benzene rings is 2. The van der Waals surface area contributed by atoms with E-state index in [2.05, 4.69) is 53.4 Å². The first-order chi connectivity index (χ1) is 11.4. The van der Waals surface area contributed by atoms with E-state index in [9.17, 15) is 0 Å². The van der Waals surface area contributed by atoms with Crippen LogP contribution in [-0.2, 0) is 11.2 Å². The van der Waals surface area contributed by atoms with Crippen molar-refractivity contribution in [2.45, 2.75) is 37.4 Å². The minimum Gasteiger partial charge on any atom is -0.368 e. The first-order valence-electron chi connectivity index (χ1n) is 8.92. The molecule has 3 atom stereocenters. The fraction of sp³-hybridized carbons (Fsp3) is 0.429. The number of ether oxygens (including phenoxy) is 1. The van der Waals surface area contributed by atoms with Gasteiger partial charge in [0.1, 0.15) is 0 Å². The molecule has 2 heteroatoms. The van der Waals surface area contributed by atoms with Gasteiger partial charge in [0, 0.05) is 12.5 Å². The maximum atomic E-state index is 6.59. The Morgan fingerprint density at radius 2 is 1.61 bits per heavy atom. The summed E-state index contributed by atoms with van der Waals surface area (Å²) in [4.78, 5) is 2.54. The highest BCUT2D eigenvalue weighted by molar-refractivity contribution is 5.45. The van der Waals surface area contributed by atoms with Crippen molar-refractivity contribution in [1.82, 2.24) is 4.90 Å². The number of rotatable bonds is 2. The molecule has 0 saturated carbocycles. The van der Waals surface area contributed by atoms with Gasteiger partial charge in [-0.1, -0.05) is 48.5 Å². The Balaban J connectivity index is 1.54. The predicted octanol–water partition coefficient (Wildman–Crippen LogP) is 3.91. The van der Waals surface area contributed by atoms with Crippen molar-refractivity contribution in [3.8, 4) is 0 Å². The molecule has 3 unspecified atom stereocenters. The second-order valence-electron chi connectivity index (χ2n) is 7.25. The van der Waals surface area contributed by atoms with Crippen LogP contribution in [0.3, 0.4) is 0 Å². The Morgan fingerprint density at radius 3 is 2.35 bits per heavy atom. The molecular weight excluding hydrogens is 282 g/mol. The summed E-state index contributed by atoms with van der Waals surface area (Å²) >= 11 is 0. The summed E-state index contributed by atoms with van der Waals surface area (Å²) in [6.07, 6.45) is 4.17. The Hall–Kier alpha value is -1.64. The Bertz CT molecular complexity index is 668. The predicted molar refractivity (Wildman–Crippen MR) is 91.7 cm³/mol. The molecule has 0 amide bonds. The lowest BCUT2D eigenvalue weighted by molar-refractivity contribution is 0.00733. The number of hydrogen-bond acceptors (Lipinski definition) is 2. The maximum Gasteiger partial charge on any atom is 0.0901 e. The third-order valence-corrected chi connectivity index (χ3v) is 5.83. The second kappa shape index (κ2) is 5.47. The average molecular weight is 305 g/mol. The summed E-state index contributed by atoms with van der Waals surface area (Å²) < 4.78 is 6.59. The van der Waals surface area contributed by atoms with Crippen molar-refractivity contribution < 1.29 is 4.74 Å². The molecule has 0 aromatic heterocycles. The monoisotopic (exact) mass is 305 g/mol. The lowest BCUT2D eigenvalue weighted by atomic mass is 9.87. The van der Waals surface area contributed by atoms with E-state index in [4.69, 9.17) is 4.74 Å². The SMILES string of the molecule is c1ccc2c(c1)Cc1ccccc1C1OC(CN3CCC3)CC21. The van der Waals surface area contributed by atoms with Crippen molar-refractivity contribution in [1.29, 1.82) is 0 Å². The van der Waals surface area contributed by atoms with E-state index in [0.717, 1.165) is 19.4 Å². The summed E-state index contributed by atoms with van der Waals surface area (Å²) in [7, 11) is 0. The van der Waals surface area contributed by atoms with Gasteiger partial charge in [-0.25, -0.2) is 0 Å². The van der Waals surface area contributed by atoms with Crippen LogP contribution in [0.25, 0.3) is 0 Å². The molecule has 2 fully saturated rings. The molecule has 0 radical (unpaired) electrons. The summed E-state index contributed by atoms with van der Waals surface area (Å²) in [5.41, 5.74) is 5.86. The van der Waals surface area contributed by atoms with Crippen molar-refractivity contribution in [2.24, 2.45) is 0 Å². The number of fused-ring (bicyclic) bond motifs is 5. The summed E-state index contributed by atoms with van der Waals surface area (Å²) in [5.74, 6) is 0.515. The van der Waals surface area contributed by atoms with E-state index in [-0.39, 0.29) is 6.10 Å². The van der Waals surface area contributed by atoms with E-state index in [1.807, 2.05) is 0 Å². The van der Waals surface area contributed by atoms with E-state index < -0.39 is 0 Å². The van der Waals surface area contributed by atoms with Crippen LogP contribution in [-0.4, -0.2) is 30.6 Å². The van der Waals surface area contributed by atoms with Crippen LogP contribution < -0.4 is 0 Å². The summed E-state index contributed by atoms with van der Waals surface area (Å²) in [5, 5.41) is 0. The molecule has 2 aliphatic heterocycles. The van der Waals surface area contributed by atoms with Gasteiger partial charge in [0.25, 0.3) is 0 Å². The summed E-state index contributed by atoms with van der Waals surface area (Å²) in [6, 6.07) is 17.9. The lowest BCUT2D eigenvalue weighted by Crippen LogP contribution is -2.42. The quantitative estimate of drug-likeness (QED) is 0.834. The zero-order valence-corrected chi connectivity index (χ0v) is 13.4. The minimum absolute atomic E-state index is 0.237. The zero-order chi connectivity index (χ0) is 15.2. The van der Waals surface area contributed by atoms with Crippen LogP contribution in [0.15, 0.2) is 48.5 Å². The largest absolute Gasteiger partial charge is 0.368 e.